The number of nitrogens with one attached hydrogen (secondary N) is 1. The Morgan fingerprint density at radius 3 is 2.69 bits per heavy atom. The summed E-state index contributed by atoms with van der Waals surface area (Å²) in [7, 11) is 0. The number of rotatable bonds is 8. The molecule has 1 N–H and O–H groups in total. The fourth-order valence-electron chi connectivity index (χ4n) is 3.27. The van der Waals surface area contributed by atoms with E-state index in [0.717, 1.165) is 36.6 Å². The number of nitrogens with zero attached hydrogens (tertiary/aromatic N) is 3. The number of anilines is 1. The van der Waals surface area contributed by atoms with Crippen LogP contribution in [0.15, 0.2) is 36.5 Å². The van der Waals surface area contributed by atoms with Crippen LogP contribution >= 0.6 is 0 Å². The van der Waals surface area contributed by atoms with E-state index in [1.54, 1.807) is 6.20 Å². The van der Waals surface area contributed by atoms with Crippen molar-refractivity contribution in [3.8, 4) is 11.8 Å². The zero-order valence-corrected chi connectivity index (χ0v) is 17.6. The van der Waals surface area contributed by atoms with Crippen molar-refractivity contribution in [3.05, 3.63) is 42.1 Å². The normalized spacial score (nSPS) is 17.3. The first-order valence-electron chi connectivity index (χ1n) is 10.1. The van der Waals surface area contributed by atoms with E-state index in [0.29, 0.717) is 18.5 Å². The molecular formula is C22H30N4O3. The number of benzene rings is 1. The molecule has 0 bridgehead atoms. The average molecular weight is 399 g/mol. The molecule has 2 aromatic rings. The maximum absolute atomic E-state index is 11.2. The van der Waals surface area contributed by atoms with Gasteiger partial charge in [-0.3, -0.25) is 4.79 Å². The Balaban J connectivity index is 1.55. The lowest BCUT2D eigenvalue weighted by molar-refractivity contribution is -0.119. The van der Waals surface area contributed by atoms with Crippen molar-refractivity contribution in [1.82, 2.24) is 15.3 Å². The predicted octanol–water partition coefficient (Wildman–Crippen LogP) is 3.37. The molecule has 1 amide bonds. The predicted molar refractivity (Wildman–Crippen MR) is 112 cm³/mol. The van der Waals surface area contributed by atoms with E-state index < -0.39 is 0 Å². The van der Waals surface area contributed by atoms with Crippen LogP contribution in [-0.2, 0) is 4.79 Å². The summed E-state index contributed by atoms with van der Waals surface area (Å²) in [6.45, 7) is 9.93. The van der Waals surface area contributed by atoms with E-state index in [1.165, 1.54) is 6.92 Å². The molecule has 0 radical (unpaired) electrons. The molecule has 2 atom stereocenters. The summed E-state index contributed by atoms with van der Waals surface area (Å²) in [5, 5.41) is 2.89. The van der Waals surface area contributed by atoms with Gasteiger partial charge in [-0.1, -0.05) is 26.0 Å². The van der Waals surface area contributed by atoms with Crippen LogP contribution < -0.4 is 19.7 Å². The third kappa shape index (κ3) is 6.07. The van der Waals surface area contributed by atoms with Crippen LogP contribution in [-0.4, -0.2) is 41.7 Å². The minimum atomic E-state index is -0.0358. The van der Waals surface area contributed by atoms with E-state index in [2.05, 4.69) is 34.0 Å². The molecule has 1 aliphatic heterocycles. The number of amides is 1. The smallest absolute Gasteiger partial charge is 0.318 e. The quantitative estimate of drug-likeness (QED) is 0.735. The molecule has 29 heavy (non-hydrogen) atoms. The summed E-state index contributed by atoms with van der Waals surface area (Å²) in [5.41, 5.74) is 1.05. The first-order valence-corrected chi connectivity index (χ1v) is 10.1. The Hall–Kier alpha value is -2.83. The van der Waals surface area contributed by atoms with E-state index in [1.807, 2.05) is 37.3 Å². The van der Waals surface area contributed by atoms with Crippen LogP contribution in [0.25, 0.3) is 0 Å². The molecule has 7 heteroatoms. The van der Waals surface area contributed by atoms with Crippen molar-refractivity contribution in [2.75, 3.05) is 24.6 Å². The lowest BCUT2D eigenvalue weighted by atomic mass is 10.1. The van der Waals surface area contributed by atoms with Gasteiger partial charge in [0.2, 0.25) is 5.91 Å². The Bertz CT molecular complexity index is 810. The fraction of sp³-hybridized carbons (Fsp3) is 0.500. The molecule has 0 aliphatic carbocycles. The van der Waals surface area contributed by atoms with Crippen LogP contribution in [0, 0.1) is 5.92 Å². The van der Waals surface area contributed by atoms with Crippen LogP contribution in [0.4, 0.5) is 5.82 Å². The summed E-state index contributed by atoms with van der Waals surface area (Å²) in [5.74, 6) is 2.09. The van der Waals surface area contributed by atoms with Gasteiger partial charge in [0.1, 0.15) is 17.7 Å². The van der Waals surface area contributed by atoms with Gasteiger partial charge in [-0.2, -0.15) is 4.98 Å². The highest BCUT2D eigenvalue weighted by atomic mass is 16.5. The minimum Gasteiger partial charge on any atom is -0.489 e. The molecule has 1 saturated heterocycles. The van der Waals surface area contributed by atoms with Gasteiger partial charge in [-0.25, -0.2) is 4.98 Å². The Morgan fingerprint density at radius 1 is 1.24 bits per heavy atom. The molecule has 1 aromatic heterocycles. The first-order chi connectivity index (χ1) is 13.9. The van der Waals surface area contributed by atoms with Crippen molar-refractivity contribution in [3.63, 3.8) is 0 Å². The van der Waals surface area contributed by atoms with Gasteiger partial charge in [0.15, 0.2) is 0 Å². The van der Waals surface area contributed by atoms with E-state index >= 15 is 0 Å². The Kier molecular flexibility index (Phi) is 6.90. The van der Waals surface area contributed by atoms with Gasteiger partial charge in [0.25, 0.3) is 0 Å². The second-order valence-electron chi connectivity index (χ2n) is 7.87. The first kappa shape index (κ1) is 20.9. The largest absolute Gasteiger partial charge is 0.489 e. The van der Waals surface area contributed by atoms with Crippen molar-refractivity contribution < 1.29 is 14.3 Å². The summed E-state index contributed by atoms with van der Waals surface area (Å²) >= 11 is 0. The standard InChI is InChI=1S/C22H30N4O3/c1-15(2)14-28-22-23-11-9-21(25-22)26-12-10-20(13-26)29-19-7-5-18(6-8-19)16(3)24-17(4)27/h5-9,11,15-16,20H,10,12-14H2,1-4H3,(H,24,27)/t16-,20+/m0/s1. The van der Waals surface area contributed by atoms with E-state index in [4.69, 9.17) is 9.47 Å². The second kappa shape index (κ2) is 9.58. The molecule has 0 saturated carbocycles. The summed E-state index contributed by atoms with van der Waals surface area (Å²) < 4.78 is 11.8. The molecule has 0 spiro atoms. The van der Waals surface area contributed by atoms with Gasteiger partial charge in [-0.05, 0) is 36.6 Å². The molecular weight excluding hydrogens is 368 g/mol. The number of carbonyl (C=O) groups excluding carboxylic acids is 1. The van der Waals surface area contributed by atoms with Gasteiger partial charge in [0, 0.05) is 26.1 Å². The third-order valence-electron chi connectivity index (χ3n) is 4.74. The Morgan fingerprint density at radius 2 is 2.00 bits per heavy atom. The van der Waals surface area contributed by atoms with Crippen molar-refractivity contribution in [2.45, 2.75) is 46.3 Å². The van der Waals surface area contributed by atoms with Gasteiger partial charge in [-0.15, -0.1) is 0 Å². The van der Waals surface area contributed by atoms with Crippen molar-refractivity contribution >= 4 is 11.7 Å². The monoisotopic (exact) mass is 398 g/mol. The average Bonchev–Trinajstić information content (AvgIpc) is 3.15. The molecule has 3 rings (SSSR count). The summed E-state index contributed by atoms with van der Waals surface area (Å²) in [6.07, 6.45) is 2.76. The SMILES string of the molecule is CC(=O)N[C@@H](C)c1ccc(O[C@@H]2CCN(c3ccnc(OCC(C)C)n3)C2)cc1. The highest BCUT2D eigenvalue weighted by Crippen LogP contribution is 2.24. The number of ether oxygens (including phenoxy) is 2. The Labute approximate surface area is 172 Å². The third-order valence-corrected chi connectivity index (χ3v) is 4.74. The molecule has 1 aliphatic rings. The fourth-order valence-corrected chi connectivity index (χ4v) is 3.27. The van der Waals surface area contributed by atoms with Crippen LogP contribution in [0.1, 0.15) is 45.7 Å². The van der Waals surface area contributed by atoms with Gasteiger partial charge >= 0.3 is 6.01 Å². The van der Waals surface area contributed by atoms with Crippen LogP contribution in [0.5, 0.6) is 11.8 Å². The number of hydrogen-bond donors (Lipinski definition) is 1. The topological polar surface area (TPSA) is 76.6 Å². The highest BCUT2D eigenvalue weighted by Gasteiger charge is 2.25. The summed E-state index contributed by atoms with van der Waals surface area (Å²) in [6, 6.07) is 10.2. The zero-order valence-electron chi connectivity index (χ0n) is 17.6. The maximum Gasteiger partial charge on any atom is 0.318 e. The molecule has 7 nitrogen and oxygen atoms in total. The molecule has 0 unspecified atom stereocenters. The minimum absolute atomic E-state index is 0.0200. The lowest BCUT2D eigenvalue weighted by Crippen LogP contribution is -2.25. The molecule has 1 fully saturated rings. The van der Waals surface area contributed by atoms with E-state index in [-0.39, 0.29) is 18.1 Å². The zero-order chi connectivity index (χ0) is 20.8. The number of hydrogen-bond acceptors (Lipinski definition) is 6. The molecule has 156 valence electrons. The number of carbonyl (C=O) groups is 1. The number of aromatic nitrogens is 2. The highest BCUT2D eigenvalue weighted by molar-refractivity contribution is 5.73. The second-order valence-corrected chi connectivity index (χ2v) is 7.87. The molecule has 1 aromatic carbocycles. The van der Waals surface area contributed by atoms with Gasteiger partial charge < -0.3 is 19.7 Å². The molecule has 2 heterocycles. The van der Waals surface area contributed by atoms with Gasteiger partial charge in [0.05, 0.1) is 19.2 Å². The van der Waals surface area contributed by atoms with Crippen molar-refractivity contribution in [2.24, 2.45) is 5.92 Å². The van der Waals surface area contributed by atoms with Crippen LogP contribution in [0.3, 0.4) is 0 Å². The lowest BCUT2D eigenvalue weighted by Gasteiger charge is -2.19. The van der Waals surface area contributed by atoms with Crippen molar-refractivity contribution in [1.29, 1.82) is 0 Å². The summed E-state index contributed by atoms with van der Waals surface area (Å²) in [4.78, 5) is 22.1. The van der Waals surface area contributed by atoms with Crippen LogP contribution in [0.2, 0.25) is 0 Å². The maximum atomic E-state index is 11.2. The van der Waals surface area contributed by atoms with E-state index in [9.17, 15) is 4.79 Å².